The van der Waals surface area contributed by atoms with Gasteiger partial charge in [0.25, 0.3) is 5.91 Å². The molecule has 1 atom stereocenters. The van der Waals surface area contributed by atoms with E-state index in [1.54, 1.807) is 23.7 Å². The molecule has 16 heteroatoms. The van der Waals surface area contributed by atoms with Crippen molar-refractivity contribution >= 4 is 50.9 Å². The van der Waals surface area contributed by atoms with Crippen LogP contribution in [-0.4, -0.2) is 73.3 Å². The van der Waals surface area contributed by atoms with E-state index in [0.29, 0.717) is 34.8 Å². The second-order valence-corrected chi connectivity index (χ2v) is 14.6. The zero-order chi connectivity index (χ0) is 38.6. The van der Waals surface area contributed by atoms with Gasteiger partial charge < -0.3 is 10.1 Å². The number of ether oxygens (including phenoxy) is 1. The topological polar surface area (TPSA) is 145 Å². The van der Waals surface area contributed by atoms with Gasteiger partial charge in [-0.25, -0.2) is 9.78 Å². The maximum Gasteiger partial charge on any atom is 0.433 e. The molecule has 3 aromatic heterocycles. The van der Waals surface area contributed by atoms with E-state index in [0.717, 1.165) is 73.9 Å². The molecule has 0 spiro atoms. The number of benzene rings is 2. The van der Waals surface area contributed by atoms with Crippen LogP contribution < -0.4 is 21.1 Å². The number of carbonyl (C=O) groups is 3. The Balaban J connectivity index is 0.885. The number of aryl methyl sites for hydroxylation is 1. The number of anilines is 1. The summed E-state index contributed by atoms with van der Waals surface area (Å²) < 4.78 is 50.0. The fourth-order valence-corrected chi connectivity index (χ4v) is 8.14. The lowest BCUT2D eigenvalue weighted by atomic mass is 9.85. The van der Waals surface area contributed by atoms with Gasteiger partial charge in [0, 0.05) is 50.8 Å². The summed E-state index contributed by atoms with van der Waals surface area (Å²) in [5.41, 5.74) is 2.82. The first-order chi connectivity index (χ1) is 26.4. The van der Waals surface area contributed by atoms with Crippen LogP contribution in [-0.2, 0) is 22.8 Å². The first-order valence-electron chi connectivity index (χ1n) is 18.2. The van der Waals surface area contributed by atoms with Gasteiger partial charge in [-0.1, -0.05) is 18.2 Å². The third kappa shape index (κ3) is 7.01. The number of pyridine rings is 1. The van der Waals surface area contributed by atoms with Gasteiger partial charge in [-0.3, -0.25) is 38.4 Å². The van der Waals surface area contributed by atoms with Crippen molar-refractivity contribution in [3.05, 3.63) is 88.2 Å². The molecule has 3 aliphatic rings. The number of hydrogen-bond acceptors (Lipinski definition) is 8. The highest BCUT2D eigenvalue weighted by atomic mass is 19.4. The lowest BCUT2D eigenvalue weighted by Crippen LogP contribution is -2.44. The number of fused-ring (bicyclic) bond motifs is 2. The minimum absolute atomic E-state index is 0.193. The molecule has 1 saturated carbocycles. The minimum Gasteiger partial charge on any atom is -0.494 e. The molecule has 1 saturated heterocycles. The SMILES string of the molecule is COc1cc2nn([C@H]3CC[C@H](CN4CC=C(c5ccc6c(c5)n(C)c(=O)n6C5CCC(=O)NC5=O)C4)CC3)cc2cc1NC(=O)c1cccc(C(F)(F)F)n1. The number of nitrogens with zero attached hydrogens (tertiary/aromatic N) is 6. The molecule has 5 heterocycles. The molecular weight excluding hydrogens is 717 g/mol. The second kappa shape index (κ2) is 14.1. The number of aromatic nitrogens is 5. The standard InChI is InChI=1S/C39H39F3N8O5/c1-47-32-17-23(8-11-30(32)50(38(47)54)31-12-13-35(51)45-37(31)53)24-14-15-48(20-24)19-22-6-9-26(10-7-22)49-21-25-16-29(33(55-2)18-28(25)46-49)44-36(52)27-4-3-5-34(43-27)39(40,41)42/h3-5,8,11,14,16-18,21-22,26,31H,6-7,9-10,12-13,15,19-20H2,1-2H3,(H,44,52)(H,45,51,53)/t22-,26-,31?. The second-order valence-electron chi connectivity index (χ2n) is 14.6. The van der Waals surface area contributed by atoms with Crippen molar-refractivity contribution in [3.63, 3.8) is 0 Å². The number of piperidine rings is 1. The number of imide groups is 1. The monoisotopic (exact) mass is 756 g/mol. The highest BCUT2D eigenvalue weighted by molar-refractivity contribution is 6.05. The molecule has 8 rings (SSSR count). The predicted molar refractivity (Wildman–Crippen MR) is 197 cm³/mol. The van der Waals surface area contributed by atoms with E-state index in [-0.39, 0.29) is 29.8 Å². The molecule has 0 bridgehead atoms. The maximum atomic E-state index is 13.2. The van der Waals surface area contributed by atoms with Crippen LogP contribution in [0, 0.1) is 5.92 Å². The van der Waals surface area contributed by atoms with E-state index in [1.807, 2.05) is 29.1 Å². The van der Waals surface area contributed by atoms with Crippen LogP contribution in [0.3, 0.4) is 0 Å². The molecule has 55 heavy (non-hydrogen) atoms. The Hall–Kier alpha value is -5.77. The number of nitrogens with one attached hydrogen (secondary N) is 2. The largest absolute Gasteiger partial charge is 0.494 e. The summed E-state index contributed by atoms with van der Waals surface area (Å²) in [6, 6.07) is 12.0. The van der Waals surface area contributed by atoms with E-state index < -0.39 is 29.7 Å². The van der Waals surface area contributed by atoms with Crippen LogP contribution in [0.1, 0.15) is 72.4 Å². The molecule has 2 N–H and O–H groups in total. The van der Waals surface area contributed by atoms with Crippen molar-refractivity contribution in [1.29, 1.82) is 0 Å². The van der Waals surface area contributed by atoms with Gasteiger partial charge in [0.2, 0.25) is 11.8 Å². The molecular formula is C39H39F3N8O5. The van der Waals surface area contributed by atoms with E-state index in [1.165, 1.54) is 23.3 Å². The van der Waals surface area contributed by atoms with Crippen LogP contribution >= 0.6 is 0 Å². The average Bonchev–Trinajstić information content (AvgIpc) is 3.87. The summed E-state index contributed by atoms with van der Waals surface area (Å²) in [5, 5.41) is 10.6. The van der Waals surface area contributed by atoms with Gasteiger partial charge in [0.15, 0.2) is 0 Å². The van der Waals surface area contributed by atoms with Gasteiger partial charge in [-0.2, -0.15) is 18.3 Å². The molecule has 3 amide bonds. The van der Waals surface area contributed by atoms with Crippen molar-refractivity contribution in [2.75, 3.05) is 32.1 Å². The first-order valence-corrected chi connectivity index (χ1v) is 18.2. The zero-order valence-electron chi connectivity index (χ0n) is 30.2. The molecule has 2 fully saturated rings. The average molecular weight is 757 g/mol. The summed E-state index contributed by atoms with van der Waals surface area (Å²) in [6.45, 7) is 2.59. The van der Waals surface area contributed by atoms with E-state index >= 15 is 0 Å². The molecule has 0 radical (unpaired) electrons. The Kier molecular flexibility index (Phi) is 9.31. The number of imidazole rings is 1. The van der Waals surface area contributed by atoms with Crippen molar-refractivity contribution in [3.8, 4) is 5.75 Å². The van der Waals surface area contributed by atoms with Gasteiger partial charge in [0.05, 0.1) is 35.4 Å². The maximum absolute atomic E-state index is 13.2. The Labute approximate surface area is 312 Å². The quantitative estimate of drug-likeness (QED) is 0.198. The van der Waals surface area contributed by atoms with Crippen molar-refractivity contribution < 1.29 is 32.3 Å². The lowest BCUT2D eigenvalue weighted by molar-refractivity contribution is -0.141. The molecule has 2 aliphatic heterocycles. The Morgan fingerprint density at radius 2 is 1.82 bits per heavy atom. The normalized spacial score (nSPS) is 20.9. The summed E-state index contributed by atoms with van der Waals surface area (Å²) in [5.74, 6) is -0.711. The third-order valence-electron chi connectivity index (χ3n) is 11.0. The van der Waals surface area contributed by atoms with Crippen LogP contribution in [0.4, 0.5) is 18.9 Å². The number of methoxy groups -OCH3 is 1. The molecule has 286 valence electrons. The Bertz CT molecular complexity index is 2440. The predicted octanol–water partition coefficient (Wildman–Crippen LogP) is 5.47. The van der Waals surface area contributed by atoms with Crippen molar-refractivity contribution in [2.24, 2.45) is 13.0 Å². The summed E-state index contributed by atoms with van der Waals surface area (Å²) in [6.07, 6.45) is 3.93. The minimum atomic E-state index is -4.67. The van der Waals surface area contributed by atoms with Gasteiger partial charge >= 0.3 is 11.9 Å². The van der Waals surface area contributed by atoms with Gasteiger partial charge in [0.1, 0.15) is 23.2 Å². The fourth-order valence-electron chi connectivity index (χ4n) is 8.14. The summed E-state index contributed by atoms with van der Waals surface area (Å²) in [4.78, 5) is 56.3. The number of carbonyl (C=O) groups excluding carboxylic acids is 3. The van der Waals surface area contributed by atoms with E-state index in [9.17, 15) is 32.3 Å². The summed E-state index contributed by atoms with van der Waals surface area (Å²) >= 11 is 0. The number of alkyl halides is 3. The summed E-state index contributed by atoms with van der Waals surface area (Å²) in [7, 11) is 3.15. The van der Waals surface area contributed by atoms with Crippen LogP contribution in [0.2, 0.25) is 0 Å². The Morgan fingerprint density at radius 1 is 1.02 bits per heavy atom. The zero-order valence-corrected chi connectivity index (χ0v) is 30.2. The smallest absolute Gasteiger partial charge is 0.433 e. The number of amides is 3. The highest BCUT2D eigenvalue weighted by Crippen LogP contribution is 2.37. The fraction of sp³-hybridized carbons (Fsp3) is 0.385. The van der Waals surface area contributed by atoms with Crippen LogP contribution in [0.5, 0.6) is 5.75 Å². The number of hydrogen-bond donors (Lipinski definition) is 2. The van der Waals surface area contributed by atoms with Crippen LogP contribution in [0.15, 0.2) is 65.6 Å². The molecule has 5 aromatic rings. The number of halogens is 3. The van der Waals surface area contributed by atoms with Crippen molar-refractivity contribution in [1.82, 2.24) is 34.1 Å². The van der Waals surface area contributed by atoms with E-state index in [4.69, 9.17) is 9.84 Å². The van der Waals surface area contributed by atoms with Crippen molar-refractivity contribution in [2.45, 2.75) is 56.8 Å². The molecule has 1 aliphatic carbocycles. The Morgan fingerprint density at radius 3 is 2.56 bits per heavy atom. The highest BCUT2D eigenvalue weighted by Gasteiger charge is 2.34. The third-order valence-corrected chi connectivity index (χ3v) is 11.0. The van der Waals surface area contributed by atoms with Crippen LogP contribution in [0.25, 0.3) is 27.5 Å². The van der Waals surface area contributed by atoms with Gasteiger partial charge in [-0.15, -0.1) is 0 Å². The molecule has 2 aromatic carbocycles. The lowest BCUT2D eigenvalue weighted by Gasteiger charge is -2.31. The van der Waals surface area contributed by atoms with E-state index in [2.05, 4.69) is 26.6 Å². The molecule has 1 unspecified atom stereocenters. The first kappa shape index (κ1) is 36.2. The molecule has 13 nitrogen and oxygen atoms in total. The number of rotatable bonds is 8. The van der Waals surface area contributed by atoms with Gasteiger partial charge in [-0.05, 0) is 79.5 Å².